The summed E-state index contributed by atoms with van der Waals surface area (Å²) >= 11 is 1.70. The molecule has 0 spiro atoms. The molecule has 1 heterocycles. The van der Waals surface area contributed by atoms with Gasteiger partial charge in [0.05, 0.1) is 5.75 Å². The van der Waals surface area contributed by atoms with Crippen molar-refractivity contribution in [2.45, 2.75) is 12.7 Å². The molecule has 2 N–H and O–H groups in total. The molecule has 4 nitrogen and oxygen atoms in total. The Balaban J connectivity index is 2.27. The van der Waals surface area contributed by atoms with Crippen molar-refractivity contribution in [1.29, 1.82) is 0 Å². The molecule has 0 aliphatic carbocycles. The fourth-order valence-corrected chi connectivity index (χ4v) is 1.24. The standard InChI is InChI=1S/C6H11N3OS/c1-5-8-9-6(10-5)4-11-3-2-7/h2-4,7H2,1H3. The molecule has 0 saturated carbocycles. The molecule has 0 bridgehead atoms. The van der Waals surface area contributed by atoms with Gasteiger partial charge in [-0.1, -0.05) is 0 Å². The predicted octanol–water partition coefficient (Wildman–Crippen LogP) is 0.570. The first-order valence-corrected chi connectivity index (χ1v) is 4.55. The Kier molecular flexibility index (Phi) is 3.38. The lowest BCUT2D eigenvalue weighted by Gasteiger charge is -1.92. The van der Waals surface area contributed by atoms with Gasteiger partial charge in [0.2, 0.25) is 11.8 Å². The molecule has 0 fully saturated rings. The molecule has 0 amide bonds. The predicted molar refractivity (Wildman–Crippen MR) is 44.3 cm³/mol. The second kappa shape index (κ2) is 4.35. The average molecular weight is 173 g/mol. The number of nitrogens with zero attached hydrogens (tertiary/aromatic N) is 2. The van der Waals surface area contributed by atoms with Crippen LogP contribution >= 0.6 is 11.8 Å². The zero-order valence-corrected chi connectivity index (χ0v) is 7.23. The number of rotatable bonds is 4. The van der Waals surface area contributed by atoms with Crippen LogP contribution in [0.1, 0.15) is 11.8 Å². The van der Waals surface area contributed by atoms with E-state index in [4.69, 9.17) is 10.2 Å². The molecule has 0 radical (unpaired) electrons. The topological polar surface area (TPSA) is 64.9 Å². The van der Waals surface area contributed by atoms with Crippen LogP contribution in [0.3, 0.4) is 0 Å². The van der Waals surface area contributed by atoms with Gasteiger partial charge >= 0.3 is 0 Å². The Bertz CT molecular complexity index is 213. The second-order valence-electron chi connectivity index (χ2n) is 2.06. The first kappa shape index (κ1) is 8.55. The molecule has 1 rings (SSSR count). The number of thioether (sulfide) groups is 1. The summed E-state index contributed by atoms with van der Waals surface area (Å²) in [6.07, 6.45) is 0. The summed E-state index contributed by atoms with van der Waals surface area (Å²) in [5.41, 5.74) is 5.31. The number of hydrogen-bond donors (Lipinski definition) is 1. The van der Waals surface area contributed by atoms with E-state index in [2.05, 4.69) is 10.2 Å². The van der Waals surface area contributed by atoms with Crippen LogP contribution in [-0.4, -0.2) is 22.5 Å². The van der Waals surface area contributed by atoms with Crippen molar-refractivity contribution in [3.8, 4) is 0 Å². The van der Waals surface area contributed by atoms with E-state index in [0.29, 0.717) is 18.3 Å². The summed E-state index contributed by atoms with van der Waals surface area (Å²) in [5, 5.41) is 7.54. The van der Waals surface area contributed by atoms with Crippen LogP contribution < -0.4 is 5.73 Å². The average Bonchev–Trinajstić information content (AvgIpc) is 2.37. The van der Waals surface area contributed by atoms with E-state index in [0.717, 1.165) is 11.5 Å². The molecular formula is C6H11N3OS. The molecule has 0 saturated heterocycles. The molecule has 1 aromatic rings. The quantitative estimate of drug-likeness (QED) is 0.674. The molecule has 11 heavy (non-hydrogen) atoms. The molecule has 62 valence electrons. The third-order valence-corrected chi connectivity index (χ3v) is 2.03. The maximum Gasteiger partial charge on any atom is 0.226 e. The molecule has 0 aliphatic rings. The van der Waals surface area contributed by atoms with E-state index in [1.54, 1.807) is 18.7 Å². The van der Waals surface area contributed by atoms with Crippen molar-refractivity contribution in [3.05, 3.63) is 11.8 Å². The minimum absolute atomic E-state index is 0.619. The van der Waals surface area contributed by atoms with Crippen molar-refractivity contribution in [2.24, 2.45) is 5.73 Å². The second-order valence-corrected chi connectivity index (χ2v) is 3.16. The maximum absolute atomic E-state index is 5.31. The highest BCUT2D eigenvalue weighted by Gasteiger charge is 2.00. The summed E-state index contributed by atoms with van der Waals surface area (Å²) in [5.74, 6) is 2.99. The van der Waals surface area contributed by atoms with Gasteiger partial charge in [-0.25, -0.2) is 0 Å². The highest BCUT2D eigenvalue weighted by molar-refractivity contribution is 7.98. The molecule has 0 atom stereocenters. The number of aromatic nitrogens is 2. The highest BCUT2D eigenvalue weighted by atomic mass is 32.2. The van der Waals surface area contributed by atoms with Crippen molar-refractivity contribution in [3.63, 3.8) is 0 Å². The van der Waals surface area contributed by atoms with Gasteiger partial charge in [0.15, 0.2) is 0 Å². The van der Waals surface area contributed by atoms with E-state index < -0.39 is 0 Å². The largest absolute Gasteiger partial charge is 0.425 e. The van der Waals surface area contributed by atoms with Gasteiger partial charge < -0.3 is 10.2 Å². The van der Waals surface area contributed by atoms with E-state index in [1.165, 1.54) is 0 Å². The first-order valence-electron chi connectivity index (χ1n) is 3.39. The van der Waals surface area contributed by atoms with Crippen molar-refractivity contribution >= 4 is 11.8 Å². The summed E-state index contributed by atoms with van der Waals surface area (Å²) in [6, 6.07) is 0. The minimum atomic E-state index is 0.619. The van der Waals surface area contributed by atoms with Crippen LogP contribution in [0.5, 0.6) is 0 Å². The Hall–Kier alpha value is -0.550. The van der Waals surface area contributed by atoms with Crippen LogP contribution in [0.25, 0.3) is 0 Å². The van der Waals surface area contributed by atoms with Crippen LogP contribution in [0.2, 0.25) is 0 Å². The van der Waals surface area contributed by atoms with Gasteiger partial charge in [0.25, 0.3) is 0 Å². The monoisotopic (exact) mass is 173 g/mol. The maximum atomic E-state index is 5.31. The Labute approximate surface area is 69.6 Å². The van der Waals surface area contributed by atoms with Crippen molar-refractivity contribution < 1.29 is 4.42 Å². The zero-order chi connectivity index (χ0) is 8.10. The SMILES string of the molecule is Cc1nnc(CSCCN)o1. The number of aryl methyl sites for hydroxylation is 1. The van der Waals surface area contributed by atoms with E-state index in [9.17, 15) is 0 Å². The smallest absolute Gasteiger partial charge is 0.226 e. The van der Waals surface area contributed by atoms with Gasteiger partial charge in [0.1, 0.15) is 0 Å². The third-order valence-electron chi connectivity index (χ3n) is 1.06. The van der Waals surface area contributed by atoms with Crippen LogP contribution in [0.15, 0.2) is 4.42 Å². The normalized spacial score (nSPS) is 10.4. The van der Waals surface area contributed by atoms with Gasteiger partial charge in [-0.15, -0.1) is 10.2 Å². The fraction of sp³-hybridized carbons (Fsp3) is 0.667. The third kappa shape index (κ3) is 2.90. The van der Waals surface area contributed by atoms with Crippen LogP contribution in [0.4, 0.5) is 0 Å². The van der Waals surface area contributed by atoms with Crippen LogP contribution in [-0.2, 0) is 5.75 Å². The summed E-state index contributed by atoms with van der Waals surface area (Å²) in [6.45, 7) is 2.47. The first-order chi connectivity index (χ1) is 5.33. The molecule has 0 aromatic carbocycles. The minimum Gasteiger partial charge on any atom is -0.425 e. The summed E-state index contributed by atoms with van der Waals surface area (Å²) < 4.78 is 5.15. The van der Waals surface area contributed by atoms with Crippen molar-refractivity contribution in [2.75, 3.05) is 12.3 Å². The Morgan fingerprint density at radius 3 is 2.91 bits per heavy atom. The fourth-order valence-electron chi connectivity index (χ4n) is 0.639. The number of hydrogen-bond acceptors (Lipinski definition) is 5. The van der Waals surface area contributed by atoms with Crippen molar-refractivity contribution in [1.82, 2.24) is 10.2 Å². The number of nitrogens with two attached hydrogens (primary N) is 1. The molecular weight excluding hydrogens is 162 g/mol. The molecule has 0 aliphatic heterocycles. The van der Waals surface area contributed by atoms with Gasteiger partial charge in [-0.05, 0) is 0 Å². The zero-order valence-electron chi connectivity index (χ0n) is 6.41. The molecule has 0 unspecified atom stereocenters. The Morgan fingerprint density at radius 1 is 1.55 bits per heavy atom. The lowest BCUT2D eigenvalue weighted by molar-refractivity contribution is 0.485. The molecule has 1 aromatic heterocycles. The lowest BCUT2D eigenvalue weighted by Crippen LogP contribution is -2.01. The summed E-state index contributed by atoms with van der Waals surface area (Å²) in [4.78, 5) is 0. The van der Waals surface area contributed by atoms with E-state index in [-0.39, 0.29) is 0 Å². The van der Waals surface area contributed by atoms with E-state index in [1.807, 2.05) is 0 Å². The van der Waals surface area contributed by atoms with Gasteiger partial charge in [-0.2, -0.15) is 11.8 Å². The highest BCUT2D eigenvalue weighted by Crippen LogP contribution is 2.09. The lowest BCUT2D eigenvalue weighted by atomic mass is 10.8. The van der Waals surface area contributed by atoms with Gasteiger partial charge in [0, 0.05) is 19.2 Å². The Morgan fingerprint density at radius 2 is 2.36 bits per heavy atom. The van der Waals surface area contributed by atoms with E-state index >= 15 is 0 Å². The van der Waals surface area contributed by atoms with Crippen LogP contribution in [0, 0.1) is 6.92 Å². The van der Waals surface area contributed by atoms with Gasteiger partial charge in [-0.3, -0.25) is 0 Å². The molecule has 5 heteroatoms. The summed E-state index contributed by atoms with van der Waals surface area (Å²) in [7, 11) is 0.